The number of carbonyl (C=O) groups excluding carboxylic acids is 1. The molecule has 0 amide bonds. The van der Waals surface area contributed by atoms with Crippen molar-refractivity contribution in [2.24, 2.45) is 0 Å². The summed E-state index contributed by atoms with van der Waals surface area (Å²) in [6.07, 6.45) is 14.7. The predicted molar refractivity (Wildman–Crippen MR) is 109 cm³/mol. The molecule has 0 saturated heterocycles. The normalized spacial score (nSPS) is 10.7. The van der Waals surface area contributed by atoms with Gasteiger partial charge in [0.25, 0.3) is 0 Å². The number of carboxylic acids is 1. The maximum Gasteiger partial charge on any atom is 0.333 e. The fraction of sp³-hybridized carbons (Fsp3) is 0.727. The summed E-state index contributed by atoms with van der Waals surface area (Å²) in [6.45, 7) is 11.7. The molecule has 4 heteroatoms. The van der Waals surface area contributed by atoms with E-state index in [-0.39, 0.29) is 5.97 Å². The molecule has 1 N–H and O–H groups in total. The number of carbonyl (C=O) groups is 2. The Morgan fingerprint density at radius 3 is 1.85 bits per heavy atom. The van der Waals surface area contributed by atoms with E-state index in [9.17, 15) is 9.59 Å². The van der Waals surface area contributed by atoms with Crippen molar-refractivity contribution in [3.8, 4) is 0 Å². The fourth-order valence-electron chi connectivity index (χ4n) is 2.15. The molecule has 0 aromatic rings. The summed E-state index contributed by atoms with van der Waals surface area (Å²) in [5.74, 6) is -1.07. The summed E-state index contributed by atoms with van der Waals surface area (Å²) in [4.78, 5) is 21.3. The van der Waals surface area contributed by atoms with E-state index in [0.717, 1.165) is 25.7 Å². The van der Waals surface area contributed by atoms with Crippen LogP contribution in [0.5, 0.6) is 0 Å². The number of allylic oxidation sites excluding steroid dienone is 1. The van der Waals surface area contributed by atoms with Crippen LogP contribution in [-0.4, -0.2) is 23.7 Å². The molecular formula is C22H40O4. The van der Waals surface area contributed by atoms with Crippen LogP contribution in [0.2, 0.25) is 0 Å². The number of rotatable bonds is 14. The summed E-state index contributed by atoms with van der Waals surface area (Å²) < 4.78 is 4.95. The molecule has 0 aromatic carbocycles. The Morgan fingerprint density at radius 2 is 1.38 bits per heavy atom. The fourth-order valence-corrected chi connectivity index (χ4v) is 2.15. The zero-order chi connectivity index (χ0) is 20.2. The third kappa shape index (κ3) is 20.5. The molecule has 0 aliphatic carbocycles. The monoisotopic (exact) mass is 368 g/mol. The van der Waals surface area contributed by atoms with Gasteiger partial charge in [-0.3, -0.25) is 0 Å². The van der Waals surface area contributed by atoms with Crippen LogP contribution < -0.4 is 0 Å². The lowest BCUT2D eigenvalue weighted by Gasteiger charge is -2.03. The second-order valence-electron chi connectivity index (χ2n) is 6.73. The van der Waals surface area contributed by atoms with Gasteiger partial charge in [-0.1, -0.05) is 77.9 Å². The number of hydrogen-bond acceptors (Lipinski definition) is 3. The Hall–Kier alpha value is -1.58. The first kappa shape index (κ1) is 26.6. The molecule has 152 valence electrons. The molecule has 0 unspecified atom stereocenters. The van der Waals surface area contributed by atoms with Gasteiger partial charge in [0.05, 0.1) is 6.61 Å². The van der Waals surface area contributed by atoms with Crippen LogP contribution in [0.15, 0.2) is 23.8 Å². The van der Waals surface area contributed by atoms with Crippen molar-refractivity contribution in [2.45, 2.75) is 98.3 Å². The number of unbranched alkanes of at least 4 members (excludes halogenated alkanes) is 9. The molecule has 0 aliphatic heterocycles. The quantitative estimate of drug-likeness (QED) is 0.217. The first-order valence-corrected chi connectivity index (χ1v) is 10.1. The van der Waals surface area contributed by atoms with Gasteiger partial charge >= 0.3 is 11.9 Å². The third-order valence-corrected chi connectivity index (χ3v) is 3.93. The molecule has 0 saturated carbocycles. The minimum atomic E-state index is -0.798. The molecule has 0 spiro atoms. The van der Waals surface area contributed by atoms with E-state index in [2.05, 4.69) is 20.4 Å². The van der Waals surface area contributed by atoms with Gasteiger partial charge in [0.15, 0.2) is 0 Å². The van der Waals surface area contributed by atoms with E-state index < -0.39 is 5.97 Å². The van der Waals surface area contributed by atoms with Crippen LogP contribution in [0.1, 0.15) is 98.3 Å². The van der Waals surface area contributed by atoms with E-state index in [4.69, 9.17) is 9.84 Å². The van der Waals surface area contributed by atoms with Crippen molar-refractivity contribution in [1.29, 1.82) is 0 Å². The summed E-state index contributed by atoms with van der Waals surface area (Å²) in [7, 11) is 0. The topological polar surface area (TPSA) is 63.6 Å². The van der Waals surface area contributed by atoms with Gasteiger partial charge in [-0.25, -0.2) is 9.59 Å². The molecule has 0 fully saturated rings. The number of aliphatic carboxylic acids is 1. The molecule has 0 aliphatic rings. The molecule has 0 radical (unpaired) electrons. The smallest absolute Gasteiger partial charge is 0.333 e. The molecule has 4 nitrogen and oxygen atoms in total. The minimum Gasteiger partial charge on any atom is -0.478 e. The number of carboxylic acid groups (broad SMARTS) is 1. The van der Waals surface area contributed by atoms with Crippen molar-refractivity contribution in [1.82, 2.24) is 0 Å². The Labute approximate surface area is 160 Å². The molecule has 0 atom stereocenters. The lowest BCUT2D eigenvalue weighted by molar-refractivity contribution is -0.139. The highest BCUT2D eigenvalue weighted by Crippen LogP contribution is 2.07. The summed E-state index contributed by atoms with van der Waals surface area (Å²) in [5.41, 5.74) is 0.948. The lowest BCUT2D eigenvalue weighted by Crippen LogP contribution is -2.05. The molecule has 0 rings (SSSR count). The van der Waals surface area contributed by atoms with Crippen molar-refractivity contribution >= 4 is 11.9 Å². The minimum absolute atomic E-state index is 0.268. The highest BCUT2D eigenvalue weighted by atomic mass is 16.5. The van der Waals surface area contributed by atoms with Crippen LogP contribution in [-0.2, 0) is 14.3 Å². The molecule has 0 heterocycles. The van der Waals surface area contributed by atoms with Gasteiger partial charge in [-0.05, 0) is 33.1 Å². The second-order valence-corrected chi connectivity index (χ2v) is 6.73. The zero-order valence-electron chi connectivity index (χ0n) is 17.4. The first-order valence-electron chi connectivity index (χ1n) is 10.1. The van der Waals surface area contributed by atoms with Gasteiger partial charge in [0.1, 0.15) is 0 Å². The standard InChI is InChI=1S/2C11H20O2/c1-4-5-6-7-8-9-13-11(12)10(2)3;1-3-4-5-6-7-8-9-10(2)11(12)13/h2,4-9H2,1,3H3;9H,3-8H2,1-2H3,(H,12,13). The van der Waals surface area contributed by atoms with Crippen LogP contribution in [0, 0.1) is 0 Å². The van der Waals surface area contributed by atoms with Gasteiger partial charge in [-0.2, -0.15) is 0 Å². The molecular weight excluding hydrogens is 328 g/mol. The largest absolute Gasteiger partial charge is 0.478 e. The molecule has 0 aromatic heterocycles. The molecule has 0 bridgehead atoms. The van der Waals surface area contributed by atoms with Crippen LogP contribution >= 0.6 is 0 Å². The zero-order valence-corrected chi connectivity index (χ0v) is 17.4. The van der Waals surface area contributed by atoms with Crippen molar-refractivity contribution in [3.05, 3.63) is 23.8 Å². The van der Waals surface area contributed by atoms with Crippen LogP contribution in [0.3, 0.4) is 0 Å². The summed E-state index contributed by atoms with van der Waals surface area (Å²) in [5, 5.41) is 8.55. The average molecular weight is 369 g/mol. The van der Waals surface area contributed by atoms with Gasteiger partial charge in [0, 0.05) is 11.1 Å². The Balaban J connectivity index is 0. The van der Waals surface area contributed by atoms with E-state index in [1.54, 1.807) is 13.8 Å². The van der Waals surface area contributed by atoms with Gasteiger partial charge < -0.3 is 9.84 Å². The SMILES string of the molecule is C=C(C)C(=O)OCCCCCCC.CCCCCCCC=C(C)C(=O)O. The van der Waals surface area contributed by atoms with Crippen LogP contribution in [0.25, 0.3) is 0 Å². The van der Waals surface area contributed by atoms with Crippen LogP contribution in [0.4, 0.5) is 0 Å². The molecule has 26 heavy (non-hydrogen) atoms. The average Bonchev–Trinajstić information content (AvgIpc) is 2.60. The van der Waals surface area contributed by atoms with Gasteiger partial charge in [0.2, 0.25) is 0 Å². The van der Waals surface area contributed by atoms with Crippen molar-refractivity contribution < 1.29 is 19.4 Å². The maximum absolute atomic E-state index is 10.9. The van der Waals surface area contributed by atoms with E-state index >= 15 is 0 Å². The lowest BCUT2D eigenvalue weighted by atomic mass is 10.1. The highest BCUT2D eigenvalue weighted by molar-refractivity contribution is 5.86. The number of hydrogen-bond donors (Lipinski definition) is 1. The Morgan fingerprint density at radius 1 is 0.885 bits per heavy atom. The Kier molecular flexibility index (Phi) is 20.2. The van der Waals surface area contributed by atoms with Crippen molar-refractivity contribution in [3.63, 3.8) is 0 Å². The second kappa shape index (κ2) is 19.7. The first-order chi connectivity index (χ1) is 12.4. The number of esters is 1. The third-order valence-electron chi connectivity index (χ3n) is 3.93. The van der Waals surface area contributed by atoms with E-state index in [0.29, 0.717) is 17.8 Å². The van der Waals surface area contributed by atoms with E-state index in [1.165, 1.54) is 44.9 Å². The number of ether oxygens (including phenoxy) is 1. The predicted octanol–water partition coefficient (Wildman–Crippen LogP) is 6.45. The van der Waals surface area contributed by atoms with Crippen molar-refractivity contribution in [2.75, 3.05) is 6.61 Å². The Bertz CT molecular complexity index is 410. The highest BCUT2D eigenvalue weighted by Gasteiger charge is 2.01. The van der Waals surface area contributed by atoms with Gasteiger partial charge in [-0.15, -0.1) is 0 Å². The summed E-state index contributed by atoms with van der Waals surface area (Å²) in [6, 6.07) is 0. The van der Waals surface area contributed by atoms with E-state index in [1.807, 2.05) is 6.08 Å². The maximum atomic E-state index is 10.9. The summed E-state index contributed by atoms with van der Waals surface area (Å²) >= 11 is 0.